The summed E-state index contributed by atoms with van der Waals surface area (Å²) in [5.74, 6) is 0. The molecule has 25 heavy (non-hydrogen) atoms. The second kappa shape index (κ2) is 7.14. The molecule has 6 nitrogen and oxygen atoms in total. The molecule has 0 radical (unpaired) electrons. The molecule has 0 fully saturated rings. The van der Waals surface area contributed by atoms with Crippen molar-refractivity contribution in [2.24, 2.45) is 0 Å². The predicted molar refractivity (Wildman–Crippen MR) is 96.0 cm³/mol. The van der Waals surface area contributed by atoms with Crippen LogP contribution in [0.15, 0.2) is 77.0 Å². The molecule has 0 saturated carbocycles. The molecule has 1 atom stereocenters. The van der Waals surface area contributed by atoms with Crippen LogP contribution in [0.2, 0.25) is 0 Å². The van der Waals surface area contributed by atoms with E-state index in [-0.39, 0.29) is 10.6 Å². The van der Waals surface area contributed by atoms with Crippen molar-refractivity contribution in [3.05, 3.63) is 92.7 Å². The molecular weight excluding hydrogens is 360 g/mol. The van der Waals surface area contributed by atoms with Gasteiger partial charge in [0.25, 0.3) is 5.69 Å². The minimum Gasteiger partial charge on any atom is -0.258 e. The van der Waals surface area contributed by atoms with Crippen LogP contribution in [-0.2, 0) is 10.0 Å². The molecule has 0 bridgehead atoms. The Labute approximate surface area is 149 Å². The SMILES string of the molecule is O=[N+]([O-])c1ccc(S(=O)(=O)N[C@@H](c2ccccc2)c2cccs2)cc1. The zero-order valence-corrected chi connectivity index (χ0v) is 14.5. The second-order valence-corrected chi connectivity index (χ2v) is 7.92. The van der Waals surface area contributed by atoms with Gasteiger partial charge in [0, 0.05) is 17.0 Å². The van der Waals surface area contributed by atoms with Gasteiger partial charge in [0.1, 0.15) is 0 Å². The predicted octanol–water partition coefficient (Wildman–Crippen LogP) is 3.72. The van der Waals surface area contributed by atoms with Crippen LogP contribution < -0.4 is 4.72 Å². The van der Waals surface area contributed by atoms with E-state index in [1.165, 1.54) is 35.6 Å². The Balaban J connectivity index is 1.94. The fraction of sp³-hybridized carbons (Fsp3) is 0.0588. The average molecular weight is 374 g/mol. The normalized spacial score (nSPS) is 12.6. The maximum Gasteiger partial charge on any atom is 0.269 e. The van der Waals surface area contributed by atoms with Gasteiger partial charge in [0.15, 0.2) is 0 Å². The van der Waals surface area contributed by atoms with Crippen LogP contribution in [0, 0.1) is 10.1 Å². The third-order valence-corrected chi connectivity index (χ3v) is 5.97. The number of thiophene rings is 1. The minimum atomic E-state index is -3.84. The summed E-state index contributed by atoms with van der Waals surface area (Å²) in [7, 11) is -3.84. The van der Waals surface area contributed by atoms with Crippen LogP contribution in [-0.4, -0.2) is 13.3 Å². The second-order valence-electron chi connectivity index (χ2n) is 5.23. The average Bonchev–Trinajstić information content (AvgIpc) is 3.15. The van der Waals surface area contributed by atoms with E-state index in [0.29, 0.717) is 0 Å². The van der Waals surface area contributed by atoms with Gasteiger partial charge in [0.05, 0.1) is 15.9 Å². The number of non-ortho nitro benzene ring substituents is 1. The third-order valence-electron chi connectivity index (χ3n) is 3.59. The Hall–Kier alpha value is -2.55. The lowest BCUT2D eigenvalue weighted by atomic mass is 10.1. The highest BCUT2D eigenvalue weighted by molar-refractivity contribution is 7.89. The van der Waals surface area contributed by atoms with Gasteiger partial charge >= 0.3 is 0 Å². The van der Waals surface area contributed by atoms with Crippen LogP contribution in [0.1, 0.15) is 16.5 Å². The van der Waals surface area contributed by atoms with Crippen LogP contribution in [0.4, 0.5) is 5.69 Å². The van der Waals surface area contributed by atoms with E-state index in [1.807, 2.05) is 47.8 Å². The molecule has 0 spiro atoms. The number of nitrogens with zero attached hydrogens (tertiary/aromatic N) is 1. The number of nitro groups is 1. The Morgan fingerprint density at radius 2 is 1.64 bits per heavy atom. The monoisotopic (exact) mass is 374 g/mol. The molecule has 128 valence electrons. The molecule has 1 heterocycles. The maximum atomic E-state index is 12.7. The summed E-state index contributed by atoms with van der Waals surface area (Å²) < 4.78 is 28.1. The fourth-order valence-electron chi connectivity index (χ4n) is 2.36. The number of rotatable bonds is 6. The topological polar surface area (TPSA) is 89.3 Å². The van der Waals surface area contributed by atoms with Crippen molar-refractivity contribution in [1.82, 2.24) is 4.72 Å². The van der Waals surface area contributed by atoms with Gasteiger partial charge in [-0.05, 0) is 29.1 Å². The molecule has 0 unspecified atom stereocenters. The first-order valence-electron chi connectivity index (χ1n) is 7.32. The molecule has 0 aliphatic heterocycles. The van der Waals surface area contributed by atoms with Crippen molar-refractivity contribution in [2.75, 3.05) is 0 Å². The molecule has 3 rings (SSSR count). The molecule has 0 saturated heterocycles. The molecule has 1 aromatic heterocycles. The molecule has 0 aliphatic carbocycles. The number of nitrogens with one attached hydrogen (secondary N) is 1. The van der Waals surface area contributed by atoms with Crippen molar-refractivity contribution < 1.29 is 13.3 Å². The molecule has 3 aromatic rings. The van der Waals surface area contributed by atoms with Crippen LogP contribution in [0.25, 0.3) is 0 Å². The Morgan fingerprint density at radius 1 is 0.960 bits per heavy atom. The summed E-state index contributed by atoms with van der Waals surface area (Å²) in [6.07, 6.45) is 0. The summed E-state index contributed by atoms with van der Waals surface area (Å²) >= 11 is 1.45. The highest BCUT2D eigenvalue weighted by Gasteiger charge is 2.24. The van der Waals surface area contributed by atoms with E-state index >= 15 is 0 Å². The van der Waals surface area contributed by atoms with E-state index in [9.17, 15) is 18.5 Å². The number of nitro benzene ring substituents is 1. The van der Waals surface area contributed by atoms with Crippen molar-refractivity contribution in [1.29, 1.82) is 0 Å². The summed E-state index contributed by atoms with van der Waals surface area (Å²) in [6, 6.07) is 17.3. The first kappa shape index (κ1) is 17.3. The first-order valence-corrected chi connectivity index (χ1v) is 9.69. The maximum absolute atomic E-state index is 12.7. The smallest absolute Gasteiger partial charge is 0.258 e. The third kappa shape index (κ3) is 3.93. The first-order chi connectivity index (χ1) is 12.0. The Morgan fingerprint density at radius 3 is 2.20 bits per heavy atom. The number of benzene rings is 2. The molecule has 2 aromatic carbocycles. The van der Waals surface area contributed by atoms with Crippen molar-refractivity contribution in [3.8, 4) is 0 Å². The van der Waals surface area contributed by atoms with E-state index in [1.54, 1.807) is 0 Å². The molecule has 0 aliphatic rings. The summed E-state index contributed by atoms with van der Waals surface area (Å²) in [6.45, 7) is 0. The number of hydrogen-bond donors (Lipinski definition) is 1. The fourth-order valence-corrected chi connectivity index (χ4v) is 4.44. The van der Waals surface area contributed by atoms with E-state index in [0.717, 1.165) is 10.4 Å². The molecule has 8 heteroatoms. The van der Waals surface area contributed by atoms with Crippen LogP contribution >= 0.6 is 11.3 Å². The van der Waals surface area contributed by atoms with Gasteiger partial charge in [-0.15, -0.1) is 11.3 Å². The van der Waals surface area contributed by atoms with Crippen LogP contribution in [0.5, 0.6) is 0 Å². The van der Waals surface area contributed by atoms with Gasteiger partial charge in [-0.1, -0.05) is 36.4 Å². The highest BCUT2D eigenvalue weighted by atomic mass is 32.2. The van der Waals surface area contributed by atoms with Crippen molar-refractivity contribution >= 4 is 27.0 Å². The largest absolute Gasteiger partial charge is 0.269 e. The van der Waals surface area contributed by atoms with Gasteiger partial charge < -0.3 is 0 Å². The number of sulfonamides is 1. The lowest BCUT2D eigenvalue weighted by Crippen LogP contribution is -2.29. The zero-order chi connectivity index (χ0) is 17.9. The minimum absolute atomic E-state index is 0.0180. The quantitative estimate of drug-likeness (QED) is 0.526. The number of hydrogen-bond acceptors (Lipinski definition) is 5. The van der Waals surface area contributed by atoms with E-state index in [2.05, 4.69) is 4.72 Å². The zero-order valence-electron chi connectivity index (χ0n) is 12.9. The van der Waals surface area contributed by atoms with Crippen molar-refractivity contribution in [3.63, 3.8) is 0 Å². The Bertz CT molecular complexity index is 954. The summed E-state index contributed by atoms with van der Waals surface area (Å²) in [5, 5.41) is 12.6. The molecule has 0 amide bonds. The van der Waals surface area contributed by atoms with E-state index < -0.39 is 21.0 Å². The van der Waals surface area contributed by atoms with Gasteiger partial charge in [-0.3, -0.25) is 10.1 Å². The Kier molecular flexibility index (Phi) is 4.93. The van der Waals surface area contributed by atoms with Crippen molar-refractivity contribution in [2.45, 2.75) is 10.9 Å². The van der Waals surface area contributed by atoms with E-state index in [4.69, 9.17) is 0 Å². The van der Waals surface area contributed by atoms with Gasteiger partial charge in [-0.2, -0.15) is 4.72 Å². The lowest BCUT2D eigenvalue weighted by Gasteiger charge is -2.18. The molecule has 1 N–H and O–H groups in total. The van der Waals surface area contributed by atoms with Gasteiger partial charge in [-0.25, -0.2) is 8.42 Å². The highest BCUT2D eigenvalue weighted by Crippen LogP contribution is 2.28. The standard InChI is InChI=1S/C17H14N2O4S2/c20-19(21)14-8-10-15(11-9-14)25(22,23)18-17(16-7-4-12-24-16)13-5-2-1-3-6-13/h1-12,17-18H/t17-/m0/s1. The lowest BCUT2D eigenvalue weighted by molar-refractivity contribution is -0.384. The molecular formula is C17H14N2O4S2. The van der Waals surface area contributed by atoms with Gasteiger partial charge in [0.2, 0.25) is 10.0 Å². The van der Waals surface area contributed by atoms with Crippen LogP contribution in [0.3, 0.4) is 0 Å². The summed E-state index contributed by atoms with van der Waals surface area (Å²) in [4.78, 5) is 11.0. The summed E-state index contributed by atoms with van der Waals surface area (Å²) in [5.41, 5.74) is 0.659.